The van der Waals surface area contributed by atoms with Crippen molar-refractivity contribution in [1.29, 1.82) is 0 Å². The summed E-state index contributed by atoms with van der Waals surface area (Å²) >= 11 is 0. The minimum Gasteiger partial charge on any atom is -0.480 e. The Labute approximate surface area is 174 Å². The highest BCUT2D eigenvalue weighted by Crippen LogP contribution is 2.44. The average molecular weight is 409 g/mol. The summed E-state index contributed by atoms with van der Waals surface area (Å²) in [6.07, 6.45) is -0.257. The molecule has 2 aromatic carbocycles. The number of carboxylic acid groups (broad SMARTS) is 1. The highest BCUT2D eigenvalue weighted by atomic mass is 16.7. The lowest BCUT2D eigenvalue weighted by Crippen LogP contribution is -2.41. The van der Waals surface area contributed by atoms with E-state index < -0.39 is 18.1 Å². The molecule has 0 bridgehead atoms. The van der Waals surface area contributed by atoms with E-state index in [2.05, 4.69) is 12.1 Å². The largest absolute Gasteiger partial charge is 0.480 e. The molecule has 3 unspecified atom stereocenters. The normalized spacial score (nSPS) is 24.8. The molecular formula is C23H23NO6. The summed E-state index contributed by atoms with van der Waals surface area (Å²) in [7, 11) is 0. The lowest BCUT2D eigenvalue weighted by atomic mass is 9.98. The molecule has 1 aliphatic carbocycles. The van der Waals surface area contributed by atoms with Crippen LogP contribution in [0.1, 0.15) is 29.9 Å². The molecule has 5 rings (SSSR count). The quantitative estimate of drug-likeness (QED) is 0.816. The number of carbonyl (C=O) groups is 2. The first-order valence-corrected chi connectivity index (χ1v) is 10.2. The third kappa shape index (κ3) is 3.34. The minimum atomic E-state index is -1.05. The van der Waals surface area contributed by atoms with Crippen molar-refractivity contribution < 1.29 is 28.9 Å². The van der Waals surface area contributed by atoms with Crippen LogP contribution in [0.25, 0.3) is 11.1 Å². The number of likely N-dealkylation sites (tertiary alicyclic amines) is 1. The molecule has 0 saturated carbocycles. The lowest BCUT2D eigenvalue weighted by molar-refractivity contribution is -0.233. The molecule has 2 fully saturated rings. The van der Waals surface area contributed by atoms with Gasteiger partial charge in [-0.15, -0.1) is 0 Å². The van der Waals surface area contributed by atoms with Crippen molar-refractivity contribution in [1.82, 2.24) is 4.90 Å². The van der Waals surface area contributed by atoms with Crippen LogP contribution < -0.4 is 0 Å². The van der Waals surface area contributed by atoms with Crippen molar-refractivity contribution in [2.45, 2.75) is 37.2 Å². The molecule has 7 heteroatoms. The molecule has 1 amide bonds. The fraction of sp³-hybridized carbons (Fsp3) is 0.391. The number of aliphatic carboxylic acids is 1. The van der Waals surface area contributed by atoms with Crippen LogP contribution >= 0.6 is 0 Å². The molecule has 2 heterocycles. The number of ether oxygens (including phenoxy) is 3. The first kappa shape index (κ1) is 19.1. The number of amides is 1. The van der Waals surface area contributed by atoms with E-state index in [-0.39, 0.29) is 37.9 Å². The third-order valence-corrected chi connectivity index (χ3v) is 6.12. The zero-order valence-electron chi connectivity index (χ0n) is 16.4. The molecule has 0 radical (unpaired) electrons. The number of carboxylic acids is 1. The van der Waals surface area contributed by atoms with Crippen molar-refractivity contribution in [3.05, 3.63) is 59.7 Å². The molecule has 1 N–H and O–H groups in total. The molecule has 156 valence electrons. The average Bonchev–Trinajstić information content (AvgIpc) is 3.29. The Morgan fingerprint density at radius 2 is 1.70 bits per heavy atom. The van der Waals surface area contributed by atoms with E-state index >= 15 is 0 Å². The number of nitrogens with zero attached hydrogens (tertiary/aromatic N) is 1. The van der Waals surface area contributed by atoms with Crippen LogP contribution in [0.3, 0.4) is 0 Å². The lowest BCUT2D eigenvalue weighted by Gasteiger charge is -2.29. The molecule has 3 atom stereocenters. The second-order valence-electron chi connectivity index (χ2n) is 7.89. The van der Waals surface area contributed by atoms with Crippen LogP contribution in [0.2, 0.25) is 0 Å². The second kappa shape index (κ2) is 7.74. The van der Waals surface area contributed by atoms with E-state index in [4.69, 9.17) is 14.2 Å². The summed E-state index contributed by atoms with van der Waals surface area (Å²) in [5.74, 6) is -1.12. The molecule has 0 aromatic heterocycles. The zero-order valence-corrected chi connectivity index (χ0v) is 16.4. The van der Waals surface area contributed by atoms with Gasteiger partial charge in [0.05, 0.1) is 19.3 Å². The van der Waals surface area contributed by atoms with Gasteiger partial charge in [-0.25, -0.2) is 9.59 Å². The van der Waals surface area contributed by atoms with Crippen molar-refractivity contribution in [2.24, 2.45) is 0 Å². The molecule has 2 aliphatic heterocycles. The van der Waals surface area contributed by atoms with Crippen LogP contribution in [0.15, 0.2) is 48.5 Å². The van der Waals surface area contributed by atoms with Crippen LogP contribution in [0, 0.1) is 0 Å². The Morgan fingerprint density at radius 3 is 2.27 bits per heavy atom. The van der Waals surface area contributed by atoms with Gasteiger partial charge in [0, 0.05) is 18.8 Å². The maximum Gasteiger partial charge on any atom is 0.410 e. The van der Waals surface area contributed by atoms with E-state index in [0.29, 0.717) is 6.61 Å². The summed E-state index contributed by atoms with van der Waals surface area (Å²) < 4.78 is 16.6. The Hall–Kier alpha value is -2.90. The van der Waals surface area contributed by atoms with Gasteiger partial charge in [-0.05, 0) is 22.3 Å². The van der Waals surface area contributed by atoms with E-state index in [1.54, 1.807) is 0 Å². The van der Waals surface area contributed by atoms with Crippen LogP contribution in [-0.2, 0) is 19.0 Å². The molecule has 3 aliphatic rings. The van der Waals surface area contributed by atoms with Crippen molar-refractivity contribution in [3.63, 3.8) is 0 Å². The van der Waals surface area contributed by atoms with Crippen molar-refractivity contribution in [3.8, 4) is 11.1 Å². The van der Waals surface area contributed by atoms with Gasteiger partial charge in [0.2, 0.25) is 0 Å². The van der Waals surface area contributed by atoms with Crippen LogP contribution in [0.5, 0.6) is 0 Å². The number of benzene rings is 2. The molecule has 2 aromatic rings. The van der Waals surface area contributed by atoms with E-state index in [1.807, 2.05) is 36.4 Å². The maximum atomic E-state index is 12.8. The topological polar surface area (TPSA) is 85.3 Å². The Kier molecular flexibility index (Phi) is 4.92. The number of rotatable bonds is 5. The van der Waals surface area contributed by atoms with Gasteiger partial charge in [-0.2, -0.15) is 0 Å². The van der Waals surface area contributed by atoms with Gasteiger partial charge in [-0.3, -0.25) is 4.90 Å². The number of hydrogen-bond donors (Lipinski definition) is 1. The van der Waals surface area contributed by atoms with Gasteiger partial charge in [0.25, 0.3) is 0 Å². The van der Waals surface area contributed by atoms with Gasteiger partial charge in [0.15, 0.2) is 6.29 Å². The highest BCUT2D eigenvalue weighted by Gasteiger charge is 2.43. The Bertz CT molecular complexity index is 926. The van der Waals surface area contributed by atoms with Crippen molar-refractivity contribution in [2.75, 3.05) is 19.8 Å². The molecule has 0 spiro atoms. The fourth-order valence-electron chi connectivity index (χ4n) is 4.54. The molecule has 30 heavy (non-hydrogen) atoms. The summed E-state index contributed by atoms with van der Waals surface area (Å²) in [6, 6.07) is 15.2. The first-order valence-electron chi connectivity index (χ1n) is 10.2. The Morgan fingerprint density at radius 1 is 1.07 bits per heavy atom. The maximum absolute atomic E-state index is 12.8. The predicted molar refractivity (Wildman–Crippen MR) is 107 cm³/mol. The smallest absolute Gasteiger partial charge is 0.410 e. The standard InChI is InChI=1S/C23H23NO6/c25-22(26)20-11-14(30-21-9-10-28-21)12-24(20)23(27)29-13-19-17-7-3-1-5-15(17)16-6-2-4-8-18(16)19/h1-8,14,19-21H,9-13H2,(H,25,26). The zero-order chi connectivity index (χ0) is 20.7. The van der Waals surface area contributed by atoms with Crippen LogP contribution in [0.4, 0.5) is 4.79 Å². The van der Waals surface area contributed by atoms with Crippen molar-refractivity contribution >= 4 is 12.1 Å². The summed E-state index contributed by atoms with van der Waals surface area (Å²) in [4.78, 5) is 25.8. The Balaban J connectivity index is 1.29. The summed E-state index contributed by atoms with van der Waals surface area (Å²) in [5.41, 5.74) is 4.53. The first-order chi connectivity index (χ1) is 14.6. The predicted octanol–water partition coefficient (Wildman–Crippen LogP) is 3.23. The van der Waals surface area contributed by atoms with E-state index in [9.17, 15) is 14.7 Å². The van der Waals surface area contributed by atoms with E-state index in [0.717, 1.165) is 28.7 Å². The van der Waals surface area contributed by atoms with Gasteiger partial charge >= 0.3 is 12.1 Å². The summed E-state index contributed by atoms with van der Waals surface area (Å²) in [5, 5.41) is 9.56. The van der Waals surface area contributed by atoms with Gasteiger partial charge in [-0.1, -0.05) is 48.5 Å². The fourth-order valence-corrected chi connectivity index (χ4v) is 4.54. The molecular weight excluding hydrogens is 386 g/mol. The SMILES string of the molecule is O=C(O)C1CC(OC2CCO2)CN1C(=O)OCC1c2ccccc2-c2ccccc21. The second-order valence-corrected chi connectivity index (χ2v) is 7.89. The number of hydrogen-bond acceptors (Lipinski definition) is 5. The number of carbonyl (C=O) groups excluding carboxylic acids is 1. The molecule has 7 nitrogen and oxygen atoms in total. The van der Waals surface area contributed by atoms with Gasteiger partial charge < -0.3 is 19.3 Å². The van der Waals surface area contributed by atoms with Crippen LogP contribution in [-0.4, -0.2) is 60.3 Å². The van der Waals surface area contributed by atoms with Gasteiger partial charge in [0.1, 0.15) is 12.6 Å². The number of fused-ring (bicyclic) bond motifs is 3. The highest BCUT2D eigenvalue weighted by molar-refractivity contribution is 5.81. The van der Waals surface area contributed by atoms with E-state index in [1.165, 1.54) is 4.90 Å². The third-order valence-electron chi connectivity index (χ3n) is 6.12. The summed E-state index contributed by atoms with van der Waals surface area (Å²) in [6.45, 7) is 0.996. The monoisotopic (exact) mass is 409 g/mol. The molecule has 2 saturated heterocycles. The minimum absolute atomic E-state index is 0.0670.